The summed E-state index contributed by atoms with van der Waals surface area (Å²) >= 11 is 1.42. The van der Waals surface area contributed by atoms with Crippen LogP contribution in [0.15, 0.2) is 36.5 Å². The smallest absolute Gasteiger partial charge is 0.323 e. The zero-order valence-corrected chi connectivity index (χ0v) is 17.8. The predicted octanol–water partition coefficient (Wildman–Crippen LogP) is 2.47. The molecule has 0 bridgehead atoms. The number of halogens is 1. The van der Waals surface area contributed by atoms with Gasteiger partial charge in [0.1, 0.15) is 0 Å². The van der Waals surface area contributed by atoms with Crippen molar-refractivity contribution in [2.45, 2.75) is 25.5 Å². The first kappa shape index (κ1) is 21.4. The van der Waals surface area contributed by atoms with E-state index in [2.05, 4.69) is 15.3 Å². The highest BCUT2D eigenvalue weighted by Gasteiger charge is 2.29. The first-order valence-electron chi connectivity index (χ1n) is 10.1. The van der Waals surface area contributed by atoms with Gasteiger partial charge in [-0.1, -0.05) is 23.5 Å². The summed E-state index contributed by atoms with van der Waals surface area (Å²) < 4.78 is 15.7. The van der Waals surface area contributed by atoms with Crippen LogP contribution in [0.4, 0.5) is 20.1 Å². The van der Waals surface area contributed by atoms with Crippen molar-refractivity contribution in [3.05, 3.63) is 47.9 Å². The third-order valence-electron chi connectivity index (χ3n) is 5.25. The number of anilines is 2. The number of aliphatic hydroxyl groups excluding tert-OH is 2. The molecule has 0 unspecified atom stereocenters. The largest absolute Gasteiger partial charge is 0.394 e. The molecule has 31 heavy (non-hydrogen) atoms. The number of aliphatic hydroxyl groups is 2. The van der Waals surface area contributed by atoms with Crippen LogP contribution in [0.1, 0.15) is 12.5 Å². The minimum absolute atomic E-state index is 0.134. The lowest BCUT2D eigenvalue weighted by Gasteiger charge is -2.40. The maximum Gasteiger partial charge on any atom is 0.323 e. The van der Waals surface area contributed by atoms with Gasteiger partial charge in [0.25, 0.3) is 0 Å². The van der Waals surface area contributed by atoms with E-state index in [0.717, 1.165) is 10.2 Å². The standard InChI is InChI=1S/C21H24FN5O3S/c1-13-11-26(21(30)25-20-24-17-4-2-3-5-18(17)31-20)6-7-27(13)19-16(22)9-14(10-23-19)8-15(29)12-28/h2-5,9-10,13,15,28-29H,6-8,11-12H2,1H3,(H,24,25,30)/t13-,15+/m0/s1. The van der Waals surface area contributed by atoms with E-state index in [1.807, 2.05) is 36.1 Å². The molecule has 3 N–H and O–H groups in total. The number of carbonyl (C=O) groups excluding carboxylic acids is 1. The fraction of sp³-hybridized carbons (Fsp3) is 0.381. The molecule has 1 aliphatic heterocycles. The lowest BCUT2D eigenvalue weighted by molar-refractivity contribution is 0.0954. The molecular weight excluding hydrogens is 421 g/mol. The second-order valence-electron chi connectivity index (χ2n) is 7.59. The molecule has 1 aliphatic rings. The van der Waals surface area contributed by atoms with E-state index in [4.69, 9.17) is 5.11 Å². The quantitative estimate of drug-likeness (QED) is 0.558. The molecule has 4 rings (SSSR count). The Kier molecular flexibility index (Phi) is 6.30. The van der Waals surface area contributed by atoms with E-state index in [1.165, 1.54) is 23.6 Å². The van der Waals surface area contributed by atoms with Crippen LogP contribution in [0.2, 0.25) is 0 Å². The van der Waals surface area contributed by atoms with Crippen LogP contribution < -0.4 is 10.2 Å². The van der Waals surface area contributed by atoms with Gasteiger partial charge in [-0.25, -0.2) is 19.2 Å². The number of hydrogen-bond donors (Lipinski definition) is 3. The minimum Gasteiger partial charge on any atom is -0.394 e. The lowest BCUT2D eigenvalue weighted by atomic mass is 10.1. The highest BCUT2D eigenvalue weighted by atomic mass is 32.1. The number of piperazine rings is 1. The van der Waals surface area contributed by atoms with E-state index in [9.17, 15) is 14.3 Å². The number of thiazole rings is 1. The summed E-state index contributed by atoms with van der Waals surface area (Å²) in [6.45, 7) is 2.82. The first-order chi connectivity index (χ1) is 14.9. The molecule has 164 valence electrons. The van der Waals surface area contributed by atoms with Crippen molar-refractivity contribution in [3.63, 3.8) is 0 Å². The fourth-order valence-corrected chi connectivity index (χ4v) is 4.54. The summed E-state index contributed by atoms with van der Waals surface area (Å²) in [5, 5.41) is 21.9. The number of pyridine rings is 1. The second-order valence-corrected chi connectivity index (χ2v) is 8.63. The second kappa shape index (κ2) is 9.13. The number of fused-ring (bicyclic) bond motifs is 1. The summed E-state index contributed by atoms with van der Waals surface area (Å²) in [5.41, 5.74) is 1.36. The fourth-order valence-electron chi connectivity index (χ4n) is 3.68. The molecule has 0 aliphatic carbocycles. The number of benzene rings is 1. The highest BCUT2D eigenvalue weighted by Crippen LogP contribution is 2.27. The van der Waals surface area contributed by atoms with Crippen LogP contribution in [0.3, 0.4) is 0 Å². The minimum atomic E-state index is -0.941. The topological polar surface area (TPSA) is 102 Å². The molecule has 0 radical (unpaired) electrons. The number of nitrogens with one attached hydrogen (secondary N) is 1. The highest BCUT2D eigenvalue weighted by molar-refractivity contribution is 7.22. The van der Waals surface area contributed by atoms with Gasteiger partial charge in [-0.3, -0.25) is 5.32 Å². The van der Waals surface area contributed by atoms with Gasteiger partial charge in [-0.15, -0.1) is 0 Å². The van der Waals surface area contributed by atoms with Gasteiger partial charge in [0.05, 0.1) is 22.9 Å². The molecule has 2 amide bonds. The number of hydrogen-bond acceptors (Lipinski definition) is 7. The van der Waals surface area contributed by atoms with Crippen LogP contribution in [0.5, 0.6) is 0 Å². The number of aromatic nitrogens is 2. The molecule has 0 spiro atoms. The SMILES string of the molecule is C[C@H]1CN(C(=O)Nc2nc3ccccc3s2)CCN1c1ncc(C[C@@H](O)CO)cc1F. The monoisotopic (exact) mass is 445 g/mol. The Labute approximate surface area is 183 Å². The number of amides is 2. The molecule has 8 nitrogen and oxygen atoms in total. The Morgan fingerprint density at radius 3 is 2.90 bits per heavy atom. The van der Waals surface area contributed by atoms with E-state index in [-0.39, 0.29) is 30.9 Å². The normalized spacial score (nSPS) is 17.7. The van der Waals surface area contributed by atoms with Crippen LogP contribution in [-0.2, 0) is 6.42 Å². The van der Waals surface area contributed by atoms with E-state index in [0.29, 0.717) is 30.3 Å². The van der Waals surface area contributed by atoms with Crippen molar-refractivity contribution in [1.82, 2.24) is 14.9 Å². The van der Waals surface area contributed by atoms with Crippen molar-refractivity contribution in [1.29, 1.82) is 0 Å². The Hall–Kier alpha value is -2.82. The van der Waals surface area contributed by atoms with Gasteiger partial charge in [-0.05, 0) is 30.7 Å². The summed E-state index contributed by atoms with van der Waals surface area (Å²) in [5.74, 6) is -0.261. The van der Waals surface area contributed by atoms with Crippen molar-refractivity contribution in [3.8, 4) is 0 Å². The summed E-state index contributed by atoms with van der Waals surface area (Å²) in [7, 11) is 0. The molecule has 3 heterocycles. The van der Waals surface area contributed by atoms with Crippen molar-refractivity contribution >= 4 is 38.5 Å². The Morgan fingerprint density at radius 2 is 2.19 bits per heavy atom. The molecule has 1 aromatic carbocycles. The van der Waals surface area contributed by atoms with E-state index < -0.39 is 11.9 Å². The average molecular weight is 446 g/mol. The maximum absolute atomic E-state index is 14.7. The first-order valence-corrected chi connectivity index (χ1v) is 10.9. The van der Waals surface area contributed by atoms with Crippen LogP contribution in [0.25, 0.3) is 10.2 Å². The molecule has 2 atom stereocenters. The van der Waals surface area contributed by atoms with Crippen LogP contribution in [0, 0.1) is 5.82 Å². The van der Waals surface area contributed by atoms with Gasteiger partial charge >= 0.3 is 6.03 Å². The van der Waals surface area contributed by atoms with E-state index in [1.54, 1.807) is 4.90 Å². The third kappa shape index (κ3) is 4.76. The summed E-state index contributed by atoms with van der Waals surface area (Å²) in [6.07, 6.45) is 0.704. The van der Waals surface area contributed by atoms with E-state index >= 15 is 0 Å². The molecule has 10 heteroatoms. The van der Waals surface area contributed by atoms with Gasteiger partial charge in [0.15, 0.2) is 16.8 Å². The average Bonchev–Trinajstić information content (AvgIpc) is 3.16. The van der Waals surface area contributed by atoms with Crippen molar-refractivity contribution < 1.29 is 19.4 Å². The lowest BCUT2D eigenvalue weighted by Crippen LogP contribution is -2.55. The molecule has 3 aromatic rings. The molecule has 0 saturated carbocycles. The van der Waals surface area contributed by atoms with Gasteiger partial charge in [0, 0.05) is 38.3 Å². The molecular formula is C21H24FN5O3S. The van der Waals surface area contributed by atoms with Gasteiger partial charge in [0.2, 0.25) is 0 Å². The maximum atomic E-state index is 14.7. The van der Waals surface area contributed by atoms with Crippen molar-refractivity contribution in [2.75, 3.05) is 36.5 Å². The Balaban J connectivity index is 1.39. The van der Waals surface area contributed by atoms with Gasteiger partial charge < -0.3 is 20.0 Å². The predicted molar refractivity (Wildman–Crippen MR) is 118 cm³/mol. The number of rotatable bonds is 5. The van der Waals surface area contributed by atoms with Crippen LogP contribution >= 0.6 is 11.3 Å². The van der Waals surface area contributed by atoms with Gasteiger partial charge in [-0.2, -0.15) is 0 Å². The zero-order valence-electron chi connectivity index (χ0n) is 17.0. The Morgan fingerprint density at radius 1 is 1.39 bits per heavy atom. The third-order valence-corrected chi connectivity index (χ3v) is 6.21. The van der Waals surface area contributed by atoms with Crippen molar-refractivity contribution in [2.24, 2.45) is 0 Å². The molecule has 1 fully saturated rings. The summed E-state index contributed by atoms with van der Waals surface area (Å²) in [4.78, 5) is 24.9. The molecule has 2 aromatic heterocycles. The number of urea groups is 1. The number of nitrogens with zero attached hydrogens (tertiary/aromatic N) is 4. The Bertz CT molecular complexity index is 1050. The number of carbonyl (C=O) groups is 1. The zero-order chi connectivity index (χ0) is 22.0. The molecule has 1 saturated heterocycles. The summed E-state index contributed by atoms with van der Waals surface area (Å²) in [6, 6.07) is 8.67. The number of para-hydroxylation sites is 1. The van der Waals surface area contributed by atoms with Crippen LogP contribution in [-0.4, -0.2) is 69.5 Å².